The van der Waals surface area contributed by atoms with Crippen molar-refractivity contribution in [1.82, 2.24) is 19.6 Å². The molecular formula is C19H15FN4O. The summed E-state index contributed by atoms with van der Waals surface area (Å²) < 4.78 is 15.2. The molecule has 0 spiro atoms. The van der Waals surface area contributed by atoms with Crippen LogP contribution in [0.2, 0.25) is 0 Å². The highest BCUT2D eigenvalue weighted by Gasteiger charge is 2.21. The van der Waals surface area contributed by atoms with E-state index in [1.807, 2.05) is 12.1 Å². The molecule has 5 rings (SSSR count). The third-order valence-electron chi connectivity index (χ3n) is 4.98. The zero-order valence-electron chi connectivity index (χ0n) is 13.4. The van der Waals surface area contributed by atoms with Crippen LogP contribution in [0.25, 0.3) is 27.8 Å². The number of rotatable bonds is 2. The summed E-state index contributed by atoms with van der Waals surface area (Å²) in [5.74, 6) is 0.138. The molecule has 1 aromatic carbocycles. The van der Waals surface area contributed by atoms with Gasteiger partial charge in [-0.3, -0.25) is 9.78 Å². The number of nitrogens with zero attached hydrogens (tertiary/aromatic N) is 3. The van der Waals surface area contributed by atoms with E-state index in [1.54, 1.807) is 10.7 Å². The molecule has 0 unspecified atom stereocenters. The molecule has 124 valence electrons. The van der Waals surface area contributed by atoms with Crippen molar-refractivity contribution in [3.63, 3.8) is 0 Å². The summed E-state index contributed by atoms with van der Waals surface area (Å²) in [6.07, 6.45) is 5.41. The molecule has 0 amide bonds. The summed E-state index contributed by atoms with van der Waals surface area (Å²) in [5, 5.41) is 5.00. The van der Waals surface area contributed by atoms with Crippen LogP contribution >= 0.6 is 0 Å². The first-order chi connectivity index (χ1) is 12.2. The van der Waals surface area contributed by atoms with Gasteiger partial charge in [-0.15, -0.1) is 0 Å². The fourth-order valence-electron chi connectivity index (χ4n) is 3.39. The van der Waals surface area contributed by atoms with Crippen molar-refractivity contribution in [3.8, 4) is 11.3 Å². The van der Waals surface area contributed by atoms with Gasteiger partial charge in [0, 0.05) is 35.5 Å². The number of fused-ring (bicyclic) bond motifs is 3. The van der Waals surface area contributed by atoms with Gasteiger partial charge in [0.25, 0.3) is 5.56 Å². The second-order valence-electron chi connectivity index (χ2n) is 6.54. The van der Waals surface area contributed by atoms with Gasteiger partial charge in [0.1, 0.15) is 11.5 Å². The molecule has 0 bridgehead atoms. The van der Waals surface area contributed by atoms with Gasteiger partial charge >= 0.3 is 0 Å². The van der Waals surface area contributed by atoms with Crippen molar-refractivity contribution in [2.75, 3.05) is 0 Å². The fraction of sp³-hybridized carbons (Fsp3) is 0.211. The average Bonchev–Trinajstić information content (AvgIpc) is 2.98. The minimum atomic E-state index is -0.396. The highest BCUT2D eigenvalue weighted by Crippen LogP contribution is 2.36. The molecule has 4 aromatic rings. The van der Waals surface area contributed by atoms with Gasteiger partial charge in [-0.1, -0.05) is 6.42 Å². The second kappa shape index (κ2) is 5.24. The predicted molar refractivity (Wildman–Crippen MR) is 93.1 cm³/mol. The summed E-state index contributed by atoms with van der Waals surface area (Å²) in [7, 11) is 0. The minimum Gasteiger partial charge on any atom is -0.306 e. The normalized spacial score (nSPS) is 14.9. The Bertz CT molecular complexity index is 1170. The summed E-state index contributed by atoms with van der Waals surface area (Å²) in [4.78, 5) is 19.5. The van der Waals surface area contributed by atoms with E-state index in [-0.39, 0.29) is 5.56 Å². The molecule has 1 aliphatic carbocycles. The largest absolute Gasteiger partial charge is 0.306 e. The second-order valence-corrected chi connectivity index (χ2v) is 6.54. The summed E-state index contributed by atoms with van der Waals surface area (Å²) in [6.45, 7) is 0. The molecule has 0 saturated heterocycles. The van der Waals surface area contributed by atoms with E-state index in [0.717, 1.165) is 17.0 Å². The molecule has 1 saturated carbocycles. The molecule has 1 N–H and O–H groups in total. The van der Waals surface area contributed by atoms with Crippen LogP contribution < -0.4 is 5.56 Å². The average molecular weight is 334 g/mol. The Kier molecular flexibility index (Phi) is 3.00. The van der Waals surface area contributed by atoms with Crippen molar-refractivity contribution < 1.29 is 4.39 Å². The van der Waals surface area contributed by atoms with Gasteiger partial charge in [-0.2, -0.15) is 5.10 Å². The molecule has 3 heterocycles. The molecule has 5 nitrogen and oxygen atoms in total. The zero-order valence-corrected chi connectivity index (χ0v) is 13.4. The third kappa shape index (κ3) is 2.25. The maximum absolute atomic E-state index is 13.7. The third-order valence-corrected chi connectivity index (χ3v) is 4.98. The van der Waals surface area contributed by atoms with Crippen LogP contribution in [0, 0.1) is 5.82 Å². The smallest absolute Gasteiger partial charge is 0.259 e. The highest BCUT2D eigenvalue weighted by atomic mass is 19.1. The summed E-state index contributed by atoms with van der Waals surface area (Å²) >= 11 is 0. The van der Waals surface area contributed by atoms with Gasteiger partial charge in [0.05, 0.1) is 16.6 Å². The van der Waals surface area contributed by atoms with E-state index in [9.17, 15) is 9.18 Å². The van der Waals surface area contributed by atoms with Crippen LogP contribution in [0.15, 0.2) is 47.4 Å². The Balaban J connectivity index is 1.71. The lowest BCUT2D eigenvalue weighted by Gasteiger charge is -2.24. The molecule has 6 heteroatoms. The van der Waals surface area contributed by atoms with E-state index in [4.69, 9.17) is 0 Å². The Morgan fingerprint density at radius 2 is 2.04 bits per heavy atom. The van der Waals surface area contributed by atoms with E-state index < -0.39 is 5.82 Å². The van der Waals surface area contributed by atoms with Gasteiger partial charge in [0.2, 0.25) is 0 Å². The first-order valence-corrected chi connectivity index (χ1v) is 8.37. The molecule has 3 aromatic heterocycles. The Morgan fingerprint density at radius 1 is 1.16 bits per heavy atom. The Hall–Kier alpha value is -3.02. The minimum absolute atomic E-state index is 0.251. The SMILES string of the molecule is O=c1[nH]c2cc(-c3ccnc(C4CCC4)c3)nn2c2cc(F)ccc12. The number of hydrogen-bond donors (Lipinski definition) is 1. The zero-order chi connectivity index (χ0) is 17.0. The lowest BCUT2D eigenvalue weighted by atomic mass is 9.82. The quantitative estimate of drug-likeness (QED) is 0.609. The number of hydrogen-bond acceptors (Lipinski definition) is 3. The maximum Gasteiger partial charge on any atom is 0.259 e. The molecule has 1 fully saturated rings. The van der Waals surface area contributed by atoms with Crippen LogP contribution in [0.5, 0.6) is 0 Å². The van der Waals surface area contributed by atoms with E-state index in [2.05, 4.69) is 21.1 Å². The van der Waals surface area contributed by atoms with Gasteiger partial charge in [-0.25, -0.2) is 8.91 Å². The van der Waals surface area contributed by atoms with Crippen molar-refractivity contribution >= 4 is 16.6 Å². The molecule has 0 atom stereocenters. The predicted octanol–water partition coefficient (Wildman–Crippen LogP) is 3.64. The number of aromatic amines is 1. The van der Waals surface area contributed by atoms with Gasteiger partial charge in [0.15, 0.2) is 0 Å². The van der Waals surface area contributed by atoms with E-state index in [1.165, 1.54) is 37.5 Å². The van der Waals surface area contributed by atoms with Crippen molar-refractivity contribution in [3.05, 3.63) is 64.5 Å². The van der Waals surface area contributed by atoms with Crippen LogP contribution in [-0.2, 0) is 0 Å². The van der Waals surface area contributed by atoms with Crippen molar-refractivity contribution in [2.24, 2.45) is 0 Å². The highest BCUT2D eigenvalue weighted by molar-refractivity contribution is 5.81. The van der Waals surface area contributed by atoms with E-state index >= 15 is 0 Å². The maximum atomic E-state index is 13.7. The molecular weight excluding hydrogens is 319 g/mol. The molecule has 0 aliphatic heterocycles. The lowest BCUT2D eigenvalue weighted by molar-refractivity contribution is 0.411. The summed E-state index contributed by atoms with van der Waals surface area (Å²) in [6, 6.07) is 9.87. The number of pyridine rings is 1. The number of nitrogens with one attached hydrogen (secondary N) is 1. The van der Waals surface area contributed by atoms with Crippen LogP contribution in [0.3, 0.4) is 0 Å². The monoisotopic (exact) mass is 334 g/mol. The van der Waals surface area contributed by atoms with E-state index in [0.29, 0.717) is 22.5 Å². The number of halogens is 1. The molecule has 25 heavy (non-hydrogen) atoms. The summed E-state index contributed by atoms with van der Waals surface area (Å²) in [5.41, 5.74) is 3.52. The van der Waals surface area contributed by atoms with Crippen LogP contribution in [0.4, 0.5) is 4.39 Å². The van der Waals surface area contributed by atoms with Crippen molar-refractivity contribution in [2.45, 2.75) is 25.2 Å². The van der Waals surface area contributed by atoms with Gasteiger partial charge < -0.3 is 4.98 Å². The Labute approximate surface area is 142 Å². The standard InChI is InChI=1S/C19H15FN4O/c20-13-4-5-14-17(9-13)24-18(22-19(14)25)10-16(23-24)12-6-7-21-15(8-12)11-2-1-3-11/h4-11H,1-3H2,(H,22,25). The first kappa shape index (κ1) is 14.3. The van der Waals surface area contributed by atoms with Crippen molar-refractivity contribution in [1.29, 1.82) is 0 Å². The van der Waals surface area contributed by atoms with Crippen LogP contribution in [0.1, 0.15) is 30.9 Å². The topological polar surface area (TPSA) is 63.0 Å². The molecule has 1 aliphatic rings. The van der Waals surface area contributed by atoms with Crippen LogP contribution in [-0.4, -0.2) is 19.6 Å². The first-order valence-electron chi connectivity index (χ1n) is 8.37. The lowest BCUT2D eigenvalue weighted by Crippen LogP contribution is -2.10. The Morgan fingerprint density at radius 3 is 2.84 bits per heavy atom. The number of benzene rings is 1. The fourth-order valence-corrected chi connectivity index (χ4v) is 3.39. The number of H-pyrrole nitrogens is 1. The molecule has 0 radical (unpaired) electrons. The number of aromatic nitrogens is 4. The van der Waals surface area contributed by atoms with Gasteiger partial charge in [-0.05, 0) is 37.1 Å².